The number of aliphatic hydroxyl groups is 1. The van der Waals surface area contributed by atoms with E-state index in [4.69, 9.17) is 4.74 Å². The second kappa shape index (κ2) is 7.88. The van der Waals surface area contributed by atoms with Crippen LogP contribution in [-0.2, 0) is 11.2 Å². The number of aliphatic hydroxyl groups excluding tert-OH is 1. The average molecular weight is 316 g/mol. The van der Waals surface area contributed by atoms with Gasteiger partial charge in [0.25, 0.3) is 0 Å². The predicted octanol–water partition coefficient (Wildman–Crippen LogP) is 3.77. The third-order valence-corrected chi connectivity index (χ3v) is 3.69. The fraction of sp³-hybridized carbons (Fsp3) is 0.316. The Morgan fingerprint density at radius 2 is 1.91 bits per heavy atom. The SMILES string of the molecule is CC(=O)CCc1ccc(OCC(O)c2ccc(F)cc2C)cc1. The minimum absolute atomic E-state index is 0.0965. The molecule has 4 heteroatoms. The van der Waals surface area contributed by atoms with Gasteiger partial charge in [0, 0.05) is 6.42 Å². The molecule has 1 atom stereocenters. The lowest BCUT2D eigenvalue weighted by atomic mass is 10.0. The first-order chi connectivity index (χ1) is 11.0. The third-order valence-electron chi connectivity index (χ3n) is 3.69. The van der Waals surface area contributed by atoms with E-state index >= 15 is 0 Å². The quantitative estimate of drug-likeness (QED) is 0.846. The Morgan fingerprint density at radius 1 is 1.22 bits per heavy atom. The molecule has 0 aliphatic carbocycles. The van der Waals surface area contributed by atoms with E-state index in [9.17, 15) is 14.3 Å². The molecule has 23 heavy (non-hydrogen) atoms. The van der Waals surface area contributed by atoms with E-state index < -0.39 is 6.10 Å². The monoisotopic (exact) mass is 316 g/mol. The molecule has 122 valence electrons. The Hall–Kier alpha value is -2.20. The molecule has 2 aromatic carbocycles. The standard InChI is InChI=1S/C19H21FO3/c1-13-11-16(20)7-10-18(13)19(22)12-23-17-8-5-15(6-9-17)4-3-14(2)21/h5-11,19,22H,3-4,12H2,1-2H3. The number of ketones is 1. The zero-order valence-electron chi connectivity index (χ0n) is 13.4. The zero-order valence-corrected chi connectivity index (χ0v) is 13.4. The highest BCUT2D eigenvalue weighted by Gasteiger charge is 2.12. The molecule has 0 aliphatic heterocycles. The normalized spacial score (nSPS) is 12.0. The lowest BCUT2D eigenvalue weighted by molar-refractivity contribution is -0.116. The summed E-state index contributed by atoms with van der Waals surface area (Å²) in [5, 5.41) is 10.2. The number of hydrogen-bond donors (Lipinski definition) is 1. The van der Waals surface area contributed by atoms with Crippen molar-refractivity contribution in [2.45, 2.75) is 32.8 Å². The maximum absolute atomic E-state index is 13.1. The molecule has 0 heterocycles. The summed E-state index contributed by atoms with van der Waals surface area (Å²) < 4.78 is 18.7. The van der Waals surface area contributed by atoms with Gasteiger partial charge in [0.1, 0.15) is 30.1 Å². The van der Waals surface area contributed by atoms with Crippen molar-refractivity contribution in [1.29, 1.82) is 0 Å². The molecule has 0 saturated heterocycles. The van der Waals surface area contributed by atoms with Crippen LogP contribution in [0.25, 0.3) is 0 Å². The molecule has 0 radical (unpaired) electrons. The van der Waals surface area contributed by atoms with E-state index in [1.165, 1.54) is 12.1 Å². The maximum Gasteiger partial charge on any atom is 0.130 e. The van der Waals surface area contributed by atoms with Gasteiger partial charge in [0.2, 0.25) is 0 Å². The first kappa shape index (κ1) is 17.2. The number of carbonyl (C=O) groups excluding carboxylic acids is 1. The van der Waals surface area contributed by atoms with Gasteiger partial charge in [-0.15, -0.1) is 0 Å². The fourth-order valence-corrected chi connectivity index (χ4v) is 2.35. The van der Waals surface area contributed by atoms with Crippen LogP contribution in [0.2, 0.25) is 0 Å². The van der Waals surface area contributed by atoms with Crippen molar-refractivity contribution >= 4 is 5.78 Å². The first-order valence-electron chi connectivity index (χ1n) is 7.61. The van der Waals surface area contributed by atoms with Gasteiger partial charge in [-0.05, 0) is 61.2 Å². The van der Waals surface area contributed by atoms with Crippen LogP contribution in [0.5, 0.6) is 5.75 Å². The minimum Gasteiger partial charge on any atom is -0.491 e. The number of Topliss-reactive ketones (excluding diaryl/α,β-unsaturated/α-hetero) is 1. The third kappa shape index (κ3) is 5.18. The van der Waals surface area contributed by atoms with Crippen LogP contribution in [0.1, 0.15) is 36.1 Å². The number of halogens is 1. The molecule has 0 aromatic heterocycles. The van der Waals surface area contributed by atoms with E-state index in [2.05, 4.69) is 0 Å². The smallest absolute Gasteiger partial charge is 0.130 e. The van der Waals surface area contributed by atoms with Crippen LogP contribution in [-0.4, -0.2) is 17.5 Å². The second-order valence-electron chi connectivity index (χ2n) is 5.67. The van der Waals surface area contributed by atoms with Crippen molar-refractivity contribution < 1.29 is 19.0 Å². The van der Waals surface area contributed by atoms with E-state index in [-0.39, 0.29) is 18.2 Å². The van der Waals surface area contributed by atoms with Gasteiger partial charge in [-0.2, -0.15) is 0 Å². The Bertz CT molecular complexity index is 665. The van der Waals surface area contributed by atoms with E-state index in [1.54, 1.807) is 19.9 Å². The van der Waals surface area contributed by atoms with Gasteiger partial charge in [0.15, 0.2) is 0 Å². The van der Waals surface area contributed by atoms with Gasteiger partial charge in [-0.25, -0.2) is 4.39 Å². The first-order valence-corrected chi connectivity index (χ1v) is 7.61. The Morgan fingerprint density at radius 3 is 2.52 bits per heavy atom. The fourth-order valence-electron chi connectivity index (χ4n) is 2.35. The van der Waals surface area contributed by atoms with Gasteiger partial charge in [-0.3, -0.25) is 0 Å². The maximum atomic E-state index is 13.1. The highest BCUT2D eigenvalue weighted by Crippen LogP contribution is 2.21. The molecule has 0 fully saturated rings. The molecule has 0 aliphatic rings. The summed E-state index contributed by atoms with van der Waals surface area (Å²) in [5.74, 6) is 0.499. The molecular formula is C19H21FO3. The topological polar surface area (TPSA) is 46.5 Å². The van der Waals surface area contributed by atoms with Crippen molar-refractivity contribution in [3.63, 3.8) is 0 Å². The van der Waals surface area contributed by atoms with Crippen LogP contribution in [0.4, 0.5) is 4.39 Å². The lowest BCUT2D eigenvalue weighted by Crippen LogP contribution is -2.11. The van der Waals surface area contributed by atoms with Gasteiger partial charge < -0.3 is 14.6 Å². The van der Waals surface area contributed by atoms with Crippen LogP contribution in [0, 0.1) is 12.7 Å². The number of carbonyl (C=O) groups is 1. The van der Waals surface area contributed by atoms with Crippen LogP contribution < -0.4 is 4.74 Å². The van der Waals surface area contributed by atoms with Crippen molar-refractivity contribution in [3.05, 3.63) is 65.0 Å². The number of aryl methyl sites for hydroxylation is 2. The van der Waals surface area contributed by atoms with Crippen molar-refractivity contribution in [2.75, 3.05) is 6.61 Å². The van der Waals surface area contributed by atoms with Gasteiger partial charge in [-0.1, -0.05) is 18.2 Å². The molecule has 2 rings (SSSR count). The molecule has 1 unspecified atom stereocenters. The van der Waals surface area contributed by atoms with E-state index in [0.29, 0.717) is 29.7 Å². The lowest BCUT2D eigenvalue weighted by Gasteiger charge is -2.15. The van der Waals surface area contributed by atoms with Gasteiger partial charge >= 0.3 is 0 Å². The average Bonchev–Trinajstić information content (AvgIpc) is 2.51. The van der Waals surface area contributed by atoms with Crippen molar-refractivity contribution in [1.82, 2.24) is 0 Å². The highest BCUT2D eigenvalue weighted by atomic mass is 19.1. The highest BCUT2D eigenvalue weighted by molar-refractivity contribution is 5.75. The van der Waals surface area contributed by atoms with Crippen molar-refractivity contribution in [3.8, 4) is 5.75 Å². The zero-order chi connectivity index (χ0) is 16.8. The summed E-state index contributed by atoms with van der Waals surface area (Å²) in [4.78, 5) is 11.0. The Labute approximate surface area is 135 Å². The molecule has 0 saturated carbocycles. The van der Waals surface area contributed by atoms with E-state index in [0.717, 1.165) is 5.56 Å². The summed E-state index contributed by atoms with van der Waals surface area (Å²) in [7, 11) is 0. The van der Waals surface area contributed by atoms with E-state index in [1.807, 2.05) is 24.3 Å². The Kier molecular flexibility index (Phi) is 5.88. The summed E-state index contributed by atoms with van der Waals surface area (Å²) in [6, 6.07) is 11.8. The molecule has 0 bridgehead atoms. The van der Waals surface area contributed by atoms with Crippen molar-refractivity contribution in [2.24, 2.45) is 0 Å². The number of rotatable bonds is 7. The summed E-state index contributed by atoms with van der Waals surface area (Å²) in [5.41, 5.74) is 2.42. The molecule has 0 spiro atoms. The molecule has 2 aromatic rings. The number of benzene rings is 2. The number of hydrogen-bond acceptors (Lipinski definition) is 3. The summed E-state index contributed by atoms with van der Waals surface area (Å²) >= 11 is 0. The molecule has 1 N–H and O–H groups in total. The minimum atomic E-state index is -0.812. The second-order valence-corrected chi connectivity index (χ2v) is 5.67. The molecule has 3 nitrogen and oxygen atoms in total. The van der Waals surface area contributed by atoms with Crippen LogP contribution >= 0.6 is 0 Å². The number of ether oxygens (including phenoxy) is 1. The molecular weight excluding hydrogens is 295 g/mol. The van der Waals surface area contributed by atoms with Gasteiger partial charge in [0.05, 0.1) is 0 Å². The van der Waals surface area contributed by atoms with Crippen LogP contribution in [0.3, 0.4) is 0 Å². The summed E-state index contributed by atoms with van der Waals surface area (Å²) in [6.07, 6.45) is 0.434. The summed E-state index contributed by atoms with van der Waals surface area (Å²) in [6.45, 7) is 3.43. The van der Waals surface area contributed by atoms with Crippen LogP contribution in [0.15, 0.2) is 42.5 Å². The Balaban J connectivity index is 1.91. The largest absolute Gasteiger partial charge is 0.491 e. The predicted molar refractivity (Wildman–Crippen MR) is 87.0 cm³/mol. The molecule has 0 amide bonds.